The van der Waals surface area contributed by atoms with Gasteiger partial charge in [-0.1, -0.05) is 0 Å². The molecule has 3 rings (SSSR count). The number of rotatable bonds is 3. The fourth-order valence-electron chi connectivity index (χ4n) is 2.08. The Kier molecular flexibility index (Phi) is 3.28. The fraction of sp³-hybridized carbons (Fsp3) is 0.286. The second-order valence-corrected chi connectivity index (χ2v) is 4.31. The molecule has 6 nitrogen and oxygen atoms in total. The van der Waals surface area contributed by atoms with E-state index in [-0.39, 0.29) is 12.5 Å². The van der Waals surface area contributed by atoms with Gasteiger partial charge in [-0.25, -0.2) is 4.98 Å². The van der Waals surface area contributed by atoms with Crippen LogP contribution in [-0.4, -0.2) is 37.8 Å². The third-order valence-electron chi connectivity index (χ3n) is 3.06. The van der Waals surface area contributed by atoms with E-state index in [9.17, 15) is 4.79 Å². The summed E-state index contributed by atoms with van der Waals surface area (Å²) in [6, 6.07) is 5.67. The van der Waals surface area contributed by atoms with Crippen LogP contribution in [0.3, 0.4) is 0 Å². The van der Waals surface area contributed by atoms with Gasteiger partial charge in [-0.2, -0.15) is 0 Å². The molecule has 0 amide bonds. The average molecular weight is 274 g/mol. The van der Waals surface area contributed by atoms with Crippen LogP contribution in [0.1, 0.15) is 0 Å². The van der Waals surface area contributed by atoms with Crippen LogP contribution in [0.2, 0.25) is 0 Å². The molecule has 0 aliphatic carbocycles. The Hall–Kier alpha value is -2.50. The summed E-state index contributed by atoms with van der Waals surface area (Å²) in [5.74, 6) is 1.69. The van der Waals surface area contributed by atoms with E-state index >= 15 is 0 Å². The molecule has 0 saturated heterocycles. The number of benzene rings is 1. The van der Waals surface area contributed by atoms with Crippen molar-refractivity contribution in [3.63, 3.8) is 0 Å². The van der Waals surface area contributed by atoms with Gasteiger partial charge < -0.3 is 19.5 Å². The summed E-state index contributed by atoms with van der Waals surface area (Å²) >= 11 is 0. The number of nitrogens with zero attached hydrogens (tertiary/aromatic N) is 1. The Balaban J connectivity index is 1.98. The number of nitrogens with one attached hydrogen (secondary N) is 1. The van der Waals surface area contributed by atoms with Gasteiger partial charge >= 0.3 is 5.97 Å². The zero-order valence-electron chi connectivity index (χ0n) is 11.0. The third kappa shape index (κ3) is 2.32. The van der Waals surface area contributed by atoms with Crippen molar-refractivity contribution in [2.24, 2.45) is 0 Å². The number of anilines is 1. The van der Waals surface area contributed by atoms with Crippen molar-refractivity contribution in [3.05, 3.63) is 24.4 Å². The fourth-order valence-corrected chi connectivity index (χ4v) is 2.08. The van der Waals surface area contributed by atoms with Crippen molar-refractivity contribution in [2.75, 3.05) is 32.2 Å². The van der Waals surface area contributed by atoms with Gasteiger partial charge in [0, 0.05) is 11.6 Å². The number of methoxy groups -OCH3 is 1. The van der Waals surface area contributed by atoms with E-state index in [4.69, 9.17) is 9.47 Å². The second kappa shape index (κ2) is 5.24. The second-order valence-electron chi connectivity index (χ2n) is 4.31. The molecular weight excluding hydrogens is 260 g/mol. The molecular formula is C14H14N2O4. The van der Waals surface area contributed by atoms with E-state index in [1.165, 1.54) is 7.11 Å². The number of carbonyl (C=O) groups excluding carboxylic acids is 1. The summed E-state index contributed by atoms with van der Waals surface area (Å²) in [4.78, 5) is 15.4. The molecule has 0 fully saturated rings. The number of hydrogen-bond donors (Lipinski definition) is 1. The minimum atomic E-state index is -0.346. The van der Waals surface area contributed by atoms with Crippen molar-refractivity contribution in [1.82, 2.24) is 4.98 Å². The maximum Gasteiger partial charge on any atom is 0.325 e. The molecule has 20 heavy (non-hydrogen) atoms. The highest BCUT2D eigenvalue weighted by molar-refractivity contribution is 5.95. The lowest BCUT2D eigenvalue weighted by Crippen LogP contribution is -2.16. The number of fused-ring (bicyclic) bond motifs is 2. The van der Waals surface area contributed by atoms with Crippen LogP contribution in [0, 0.1) is 0 Å². The highest BCUT2D eigenvalue weighted by atomic mass is 16.6. The number of aromatic nitrogens is 1. The monoisotopic (exact) mass is 274 g/mol. The quantitative estimate of drug-likeness (QED) is 0.857. The molecule has 0 atom stereocenters. The van der Waals surface area contributed by atoms with Gasteiger partial charge in [0.2, 0.25) is 0 Å². The topological polar surface area (TPSA) is 69.7 Å². The van der Waals surface area contributed by atoms with Gasteiger partial charge in [0.1, 0.15) is 25.6 Å². The minimum Gasteiger partial charge on any atom is -0.486 e. The molecule has 0 saturated carbocycles. The van der Waals surface area contributed by atoms with Crippen molar-refractivity contribution < 1.29 is 19.0 Å². The summed E-state index contributed by atoms with van der Waals surface area (Å²) in [5, 5.41) is 4.81. The lowest BCUT2D eigenvalue weighted by molar-refractivity contribution is -0.138. The van der Waals surface area contributed by atoms with Crippen LogP contribution >= 0.6 is 0 Å². The van der Waals surface area contributed by atoms with Crippen LogP contribution in [-0.2, 0) is 9.53 Å². The van der Waals surface area contributed by atoms with E-state index in [2.05, 4.69) is 15.0 Å². The summed E-state index contributed by atoms with van der Waals surface area (Å²) < 4.78 is 15.7. The molecule has 1 aliphatic heterocycles. The standard InChI is InChI=1S/C14H14N2O4/c1-18-13(17)8-16-14-10-7-12-11(19-4-5-20-12)6-9(10)2-3-15-14/h2-3,6-7H,4-5,8H2,1H3,(H,15,16). The van der Waals surface area contributed by atoms with Gasteiger partial charge in [-0.3, -0.25) is 4.79 Å². The molecule has 1 aliphatic rings. The normalized spacial score (nSPS) is 13.1. The predicted molar refractivity (Wildman–Crippen MR) is 73.2 cm³/mol. The highest BCUT2D eigenvalue weighted by Gasteiger charge is 2.14. The lowest BCUT2D eigenvalue weighted by atomic mass is 10.1. The summed E-state index contributed by atoms with van der Waals surface area (Å²) in [6.07, 6.45) is 1.68. The first-order chi connectivity index (χ1) is 9.78. The molecule has 104 valence electrons. The predicted octanol–water partition coefficient (Wildman–Crippen LogP) is 1.59. The maximum absolute atomic E-state index is 11.2. The number of hydrogen-bond acceptors (Lipinski definition) is 6. The van der Waals surface area contributed by atoms with Gasteiger partial charge in [-0.05, 0) is 23.6 Å². The van der Waals surface area contributed by atoms with Crippen molar-refractivity contribution >= 4 is 22.6 Å². The molecule has 0 unspecified atom stereocenters. The summed E-state index contributed by atoms with van der Waals surface area (Å²) in [6.45, 7) is 1.15. The smallest absolute Gasteiger partial charge is 0.325 e. The molecule has 1 aromatic carbocycles. The Morgan fingerprint density at radius 2 is 2.10 bits per heavy atom. The average Bonchev–Trinajstić information content (AvgIpc) is 2.50. The van der Waals surface area contributed by atoms with Crippen LogP contribution < -0.4 is 14.8 Å². The molecule has 2 aromatic rings. The SMILES string of the molecule is COC(=O)CNc1nccc2cc3c(cc12)OCCO3. The van der Waals surface area contributed by atoms with E-state index in [1.807, 2.05) is 18.2 Å². The van der Waals surface area contributed by atoms with Crippen LogP contribution in [0.15, 0.2) is 24.4 Å². The zero-order valence-corrected chi connectivity index (χ0v) is 11.0. The van der Waals surface area contributed by atoms with Crippen molar-refractivity contribution in [1.29, 1.82) is 0 Å². The number of ether oxygens (including phenoxy) is 3. The first-order valence-corrected chi connectivity index (χ1v) is 6.27. The summed E-state index contributed by atoms with van der Waals surface area (Å²) in [7, 11) is 1.35. The Morgan fingerprint density at radius 1 is 1.35 bits per heavy atom. The molecule has 1 N–H and O–H groups in total. The lowest BCUT2D eigenvalue weighted by Gasteiger charge is -2.19. The number of esters is 1. The first-order valence-electron chi connectivity index (χ1n) is 6.27. The zero-order chi connectivity index (χ0) is 13.9. The summed E-state index contributed by atoms with van der Waals surface area (Å²) in [5.41, 5.74) is 0. The Labute approximate surface area is 115 Å². The van der Waals surface area contributed by atoms with E-state index in [0.717, 1.165) is 16.5 Å². The van der Waals surface area contributed by atoms with Crippen molar-refractivity contribution in [2.45, 2.75) is 0 Å². The van der Waals surface area contributed by atoms with E-state index < -0.39 is 0 Å². The largest absolute Gasteiger partial charge is 0.486 e. The molecule has 0 bridgehead atoms. The Morgan fingerprint density at radius 3 is 2.85 bits per heavy atom. The van der Waals surface area contributed by atoms with Crippen LogP contribution in [0.4, 0.5) is 5.82 Å². The minimum absolute atomic E-state index is 0.0665. The van der Waals surface area contributed by atoms with Gasteiger partial charge in [-0.15, -0.1) is 0 Å². The first kappa shape index (κ1) is 12.5. The van der Waals surface area contributed by atoms with Gasteiger partial charge in [0.15, 0.2) is 11.5 Å². The number of carbonyl (C=O) groups is 1. The molecule has 1 aromatic heterocycles. The molecule has 2 heterocycles. The third-order valence-corrected chi connectivity index (χ3v) is 3.06. The van der Waals surface area contributed by atoms with Gasteiger partial charge in [0.25, 0.3) is 0 Å². The number of pyridine rings is 1. The maximum atomic E-state index is 11.2. The van der Waals surface area contributed by atoms with E-state index in [0.29, 0.717) is 24.8 Å². The molecule has 6 heteroatoms. The molecule has 0 radical (unpaired) electrons. The van der Waals surface area contributed by atoms with E-state index in [1.54, 1.807) is 6.20 Å². The van der Waals surface area contributed by atoms with Crippen molar-refractivity contribution in [3.8, 4) is 11.5 Å². The van der Waals surface area contributed by atoms with Crippen LogP contribution in [0.25, 0.3) is 10.8 Å². The highest BCUT2D eigenvalue weighted by Crippen LogP contribution is 2.36. The molecule has 0 spiro atoms. The Bertz CT molecular complexity index is 657. The van der Waals surface area contributed by atoms with Crippen LogP contribution in [0.5, 0.6) is 11.5 Å². The van der Waals surface area contributed by atoms with Gasteiger partial charge in [0.05, 0.1) is 7.11 Å².